The van der Waals surface area contributed by atoms with E-state index in [0.29, 0.717) is 38.8 Å². The molecule has 0 bridgehead atoms. The largest absolute Gasteiger partial charge is 0.388 e. The van der Waals surface area contributed by atoms with Crippen LogP contribution in [0.25, 0.3) is 0 Å². The Morgan fingerprint density at radius 3 is 1.98 bits per heavy atom. The van der Waals surface area contributed by atoms with E-state index < -0.39 is 30.7 Å². The maximum absolute atomic E-state index is 12.1. The number of hydrogen-bond donors (Lipinski definition) is 6. The number of carbonyl (C=O) groups is 4. The van der Waals surface area contributed by atoms with Gasteiger partial charge in [0.1, 0.15) is 24.1 Å². The first-order valence-corrected chi connectivity index (χ1v) is 14.6. The van der Waals surface area contributed by atoms with Crippen molar-refractivity contribution in [2.75, 3.05) is 26.2 Å². The molecule has 0 aromatic heterocycles. The van der Waals surface area contributed by atoms with E-state index in [9.17, 15) is 34.5 Å². The van der Waals surface area contributed by atoms with Gasteiger partial charge in [-0.15, -0.1) is 0 Å². The van der Waals surface area contributed by atoms with Gasteiger partial charge in [0, 0.05) is 44.8 Å². The minimum absolute atomic E-state index is 0.0411. The zero-order chi connectivity index (χ0) is 29.9. The molecule has 0 spiro atoms. The molecule has 1 heterocycles. The van der Waals surface area contributed by atoms with E-state index in [1.165, 1.54) is 0 Å². The maximum atomic E-state index is 12.1. The number of hydrogen-bond acceptors (Lipinski definition) is 9. The molecule has 3 amide bonds. The van der Waals surface area contributed by atoms with Crippen molar-refractivity contribution in [1.82, 2.24) is 16.0 Å². The summed E-state index contributed by atoms with van der Waals surface area (Å²) >= 11 is 0. The number of ketones is 1. The molecule has 6 atom stereocenters. The highest BCUT2D eigenvalue weighted by Crippen LogP contribution is 2.21. The molecule has 0 unspecified atom stereocenters. The molecule has 1 aliphatic rings. The van der Waals surface area contributed by atoms with Crippen molar-refractivity contribution in [3.8, 4) is 0 Å². The number of ether oxygens (including phenoxy) is 2. The second kappa shape index (κ2) is 20.7. The molecular weight excluding hydrogens is 522 g/mol. The lowest BCUT2D eigenvalue weighted by Gasteiger charge is -2.38. The fraction of sp³-hybridized carbons (Fsp3) is 0.857. The summed E-state index contributed by atoms with van der Waals surface area (Å²) in [5.41, 5.74) is 0. The molecular formula is C28H51N3O9. The van der Waals surface area contributed by atoms with Crippen LogP contribution in [0, 0.1) is 5.92 Å². The van der Waals surface area contributed by atoms with E-state index in [-0.39, 0.29) is 49.0 Å². The molecule has 0 saturated carbocycles. The van der Waals surface area contributed by atoms with Gasteiger partial charge < -0.3 is 45.5 Å². The molecule has 12 heteroatoms. The maximum Gasteiger partial charge on any atom is 0.222 e. The molecule has 1 saturated heterocycles. The first-order valence-electron chi connectivity index (χ1n) is 14.6. The summed E-state index contributed by atoms with van der Waals surface area (Å²) in [6.07, 6.45) is 1.69. The Morgan fingerprint density at radius 2 is 1.32 bits per heavy atom. The standard InChI is InChI=1S/C28H51N3O9/c1-19(27(38)31-16-9-4-5-12-20(2)32)11-8-10-15-29-22(33)13-6-7-14-23(34)30-17-18-39-28-26(37)25(36)24(35)21(3)40-28/h19,21,24-26,28,35-37H,4-18H2,1-3H3,(H,29,33)(H,30,34)(H,31,38)/t19-,21-,24+,25+,26-,28+/m0/s1. The molecule has 12 nitrogen and oxygen atoms in total. The number of aliphatic hydroxyl groups is 3. The number of nitrogens with one attached hydrogen (secondary N) is 3. The second-order valence-corrected chi connectivity index (χ2v) is 10.7. The van der Waals surface area contributed by atoms with Crippen molar-refractivity contribution in [1.29, 1.82) is 0 Å². The quantitative estimate of drug-likeness (QED) is 0.108. The van der Waals surface area contributed by atoms with Crippen LogP contribution in [0.3, 0.4) is 0 Å². The number of carbonyl (C=O) groups excluding carboxylic acids is 4. The summed E-state index contributed by atoms with van der Waals surface area (Å²) in [6, 6.07) is 0. The van der Waals surface area contributed by atoms with Crippen LogP contribution in [0.4, 0.5) is 0 Å². The highest BCUT2D eigenvalue weighted by Gasteiger charge is 2.42. The van der Waals surface area contributed by atoms with Crippen molar-refractivity contribution in [3.05, 3.63) is 0 Å². The Labute approximate surface area is 237 Å². The third kappa shape index (κ3) is 15.6. The predicted molar refractivity (Wildman–Crippen MR) is 148 cm³/mol. The van der Waals surface area contributed by atoms with Crippen LogP contribution in [0.15, 0.2) is 0 Å². The van der Waals surface area contributed by atoms with Crippen LogP contribution in [0.5, 0.6) is 0 Å². The Morgan fingerprint density at radius 1 is 0.750 bits per heavy atom. The second-order valence-electron chi connectivity index (χ2n) is 10.7. The summed E-state index contributed by atoms with van der Waals surface area (Å²) in [6.45, 7) is 6.50. The molecule has 1 aliphatic heterocycles. The Hall–Kier alpha value is -2.12. The smallest absolute Gasteiger partial charge is 0.222 e. The van der Waals surface area contributed by atoms with Crippen molar-refractivity contribution in [3.63, 3.8) is 0 Å². The van der Waals surface area contributed by atoms with E-state index in [1.807, 2.05) is 6.92 Å². The highest BCUT2D eigenvalue weighted by molar-refractivity contribution is 5.78. The number of amides is 3. The monoisotopic (exact) mass is 573 g/mol. The number of Topliss-reactive ketones (excluding diaryl/α,β-unsaturated/α-hetero) is 1. The molecule has 40 heavy (non-hydrogen) atoms. The average molecular weight is 574 g/mol. The van der Waals surface area contributed by atoms with Gasteiger partial charge in [0.25, 0.3) is 0 Å². The third-order valence-electron chi connectivity index (χ3n) is 6.91. The molecule has 0 aromatic carbocycles. The fourth-order valence-corrected chi connectivity index (χ4v) is 4.26. The van der Waals surface area contributed by atoms with Gasteiger partial charge in [0.15, 0.2) is 6.29 Å². The van der Waals surface area contributed by atoms with Crippen LogP contribution in [0.1, 0.15) is 91.4 Å². The average Bonchev–Trinajstić information content (AvgIpc) is 2.91. The van der Waals surface area contributed by atoms with Gasteiger partial charge in [-0.2, -0.15) is 0 Å². The first-order chi connectivity index (χ1) is 19.0. The molecule has 6 N–H and O–H groups in total. The van der Waals surface area contributed by atoms with Gasteiger partial charge in [0.2, 0.25) is 17.7 Å². The van der Waals surface area contributed by atoms with E-state index >= 15 is 0 Å². The van der Waals surface area contributed by atoms with Crippen molar-refractivity contribution >= 4 is 23.5 Å². The van der Waals surface area contributed by atoms with E-state index in [4.69, 9.17) is 9.47 Å². The molecule has 0 aliphatic carbocycles. The summed E-state index contributed by atoms with van der Waals surface area (Å²) in [4.78, 5) is 47.0. The molecule has 1 fully saturated rings. The SMILES string of the molecule is CC(=O)CCCCCNC(=O)[C@@H](C)CCCCNC(=O)CCCCC(=O)NCCO[C@@H]1O[C@@H](C)[C@@H](O)[C@@H](O)[C@@H]1O. The van der Waals surface area contributed by atoms with Gasteiger partial charge in [-0.05, 0) is 52.4 Å². The van der Waals surface area contributed by atoms with Crippen LogP contribution in [-0.4, -0.2) is 95.8 Å². The minimum atomic E-state index is -1.38. The van der Waals surface area contributed by atoms with Gasteiger partial charge in [-0.25, -0.2) is 0 Å². The van der Waals surface area contributed by atoms with Crippen molar-refractivity contribution in [2.45, 2.75) is 122 Å². The van der Waals surface area contributed by atoms with E-state index in [0.717, 1.165) is 38.5 Å². The van der Waals surface area contributed by atoms with Crippen LogP contribution in [-0.2, 0) is 28.7 Å². The van der Waals surface area contributed by atoms with Crippen LogP contribution < -0.4 is 16.0 Å². The third-order valence-corrected chi connectivity index (χ3v) is 6.91. The van der Waals surface area contributed by atoms with E-state index in [1.54, 1.807) is 13.8 Å². The van der Waals surface area contributed by atoms with Gasteiger partial charge in [-0.3, -0.25) is 14.4 Å². The Kier molecular flexibility index (Phi) is 18.6. The zero-order valence-corrected chi connectivity index (χ0v) is 24.4. The lowest BCUT2D eigenvalue weighted by Crippen LogP contribution is -2.57. The normalized spacial score (nSPS) is 23.3. The van der Waals surface area contributed by atoms with Crippen molar-refractivity contribution in [2.24, 2.45) is 5.92 Å². The molecule has 1 rings (SSSR count). The fourth-order valence-electron chi connectivity index (χ4n) is 4.26. The highest BCUT2D eigenvalue weighted by atomic mass is 16.7. The summed E-state index contributed by atoms with van der Waals surface area (Å²) in [5.74, 6) is -0.0760. The summed E-state index contributed by atoms with van der Waals surface area (Å²) in [7, 11) is 0. The lowest BCUT2D eigenvalue weighted by molar-refractivity contribution is -0.292. The van der Waals surface area contributed by atoms with Gasteiger partial charge in [-0.1, -0.05) is 19.8 Å². The summed E-state index contributed by atoms with van der Waals surface area (Å²) < 4.78 is 10.7. The molecule has 232 valence electrons. The van der Waals surface area contributed by atoms with Gasteiger partial charge in [0.05, 0.1) is 12.7 Å². The first kappa shape index (κ1) is 35.9. The Balaban J connectivity index is 1.97. The van der Waals surface area contributed by atoms with Crippen molar-refractivity contribution < 1.29 is 44.0 Å². The number of unbranched alkanes of at least 4 members (excludes halogenated alkanes) is 4. The molecule has 0 radical (unpaired) electrons. The number of aliphatic hydroxyl groups excluding tert-OH is 3. The van der Waals surface area contributed by atoms with Gasteiger partial charge >= 0.3 is 0 Å². The zero-order valence-electron chi connectivity index (χ0n) is 24.4. The number of rotatable bonds is 21. The summed E-state index contributed by atoms with van der Waals surface area (Å²) in [5, 5.41) is 37.9. The van der Waals surface area contributed by atoms with Crippen LogP contribution >= 0.6 is 0 Å². The van der Waals surface area contributed by atoms with E-state index in [2.05, 4.69) is 16.0 Å². The topological polar surface area (TPSA) is 184 Å². The Bertz CT molecular complexity index is 767. The minimum Gasteiger partial charge on any atom is -0.388 e. The van der Waals surface area contributed by atoms with Crippen LogP contribution in [0.2, 0.25) is 0 Å². The lowest BCUT2D eigenvalue weighted by atomic mass is 10.0. The predicted octanol–water partition coefficient (Wildman–Crippen LogP) is 0.695. The molecule has 0 aromatic rings.